The molecule has 1 fully saturated rings. The van der Waals surface area contributed by atoms with Crippen LogP contribution < -0.4 is 0 Å². The van der Waals surface area contributed by atoms with Crippen LogP contribution in [0.5, 0.6) is 0 Å². The molecule has 0 bridgehead atoms. The van der Waals surface area contributed by atoms with Crippen LogP contribution in [0.15, 0.2) is 18.3 Å². The van der Waals surface area contributed by atoms with E-state index >= 15 is 0 Å². The minimum Gasteiger partial charge on any atom is -0.299 e. The van der Waals surface area contributed by atoms with E-state index in [0.29, 0.717) is 10.6 Å². The Morgan fingerprint density at radius 1 is 1.28 bits per heavy atom. The Bertz CT molecular complexity index is 372. The molecule has 0 unspecified atom stereocenters. The van der Waals surface area contributed by atoms with Crippen molar-refractivity contribution in [3.63, 3.8) is 0 Å². The number of aromatic nitrogens is 1. The summed E-state index contributed by atoms with van der Waals surface area (Å²) in [7, 11) is 0. The number of halogens is 1. The Hall–Kier alpha value is -0.600. The number of piperidine rings is 1. The van der Waals surface area contributed by atoms with Crippen LogP contribution in [0, 0.1) is 11.3 Å². The molecular formula is C15H23ClN2. The lowest BCUT2D eigenvalue weighted by molar-refractivity contribution is 0.108. The smallest absolute Gasteiger partial charge is 0.129 e. The highest BCUT2D eigenvalue weighted by molar-refractivity contribution is 6.29. The highest BCUT2D eigenvalue weighted by Gasteiger charge is 2.28. The van der Waals surface area contributed by atoms with E-state index in [-0.39, 0.29) is 0 Å². The van der Waals surface area contributed by atoms with Crippen molar-refractivity contribution in [1.29, 1.82) is 0 Å². The number of likely N-dealkylation sites (tertiary alicyclic amines) is 1. The predicted molar refractivity (Wildman–Crippen MR) is 76.7 cm³/mol. The highest BCUT2D eigenvalue weighted by atomic mass is 35.5. The Morgan fingerprint density at radius 2 is 1.94 bits per heavy atom. The third-order valence-corrected chi connectivity index (χ3v) is 4.23. The standard InChI is InChI=1S/C15H23ClN2/c1-15(2,3)13-6-8-18(9-7-13)11-12-4-5-14(16)17-10-12/h4-5,10,13H,6-9,11H2,1-3H3. The van der Waals surface area contributed by atoms with Gasteiger partial charge in [0.05, 0.1) is 0 Å². The first kappa shape index (κ1) is 13.8. The number of rotatable bonds is 2. The quantitative estimate of drug-likeness (QED) is 0.753. The number of pyridine rings is 1. The maximum Gasteiger partial charge on any atom is 0.129 e. The minimum atomic E-state index is 0.452. The van der Waals surface area contributed by atoms with Crippen LogP contribution >= 0.6 is 11.6 Å². The first-order chi connectivity index (χ1) is 8.45. The van der Waals surface area contributed by atoms with E-state index in [4.69, 9.17) is 11.6 Å². The average molecular weight is 267 g/mol. The fourth-order valence-electron chi connectivity index (χ4n) is 2.72. The monoisotopic (exact) mass is 266 g/mol. The zero-order valence-corrected chi connectivity index (χ0v) is 12.4. The van der Waals surface area contributed by atoms with Crippen LogP contribution in [-0.2, 0) is 6.54 Å². The van der Waals surface area contributed by atoms with E-state index in [1.54, 1.807) is 0 Å². The predicted octanol–water partition coefficient (Wildman–Crippen LogP) is 3.99. The van der Waals surface area contributed by atoms with Gasteiger partial charge in [-0.2, -0.15) is 0 Å². The summed E-state index contributed by atoms with van der Waals surface area (Å²) in [5, 5.41) is 0.574. The molecule has 100 valence electrons. The molecule has 0 amide bonds. The molecule has 0 radical (unpaired) electrons. The van der Waals surface area contributed by atoms with Gasteiger partial charge in [0.2, 0.25) is 0 Å². The molecule has 18 heavy (non-hydrogen) atoms. The summed E-state index contributed by atoms with van der Waals surface area (Å²) in [6.07, 6.45) is 4.51. The third kappa shape index (κ3) is 3.69. The summed E-state index contributed by atoms with van der Waals surface area (Å²) in [5.41, 5.74) is 1.71. The van der Waals surface area contributed by atoms with E-state index in [0.717, 1.165) is 12.5 Å². The van der Waals surface area contributed by atoms with Crippen molar-refractivity contribution >= 4 is 11.6 Å². The van der Waals surface area contributed by atoms with Crippen LogP contribution in [0.2, 0.25) is 5.15 Å². The van der Waals surface area contributed by atoms with E-state index < -0.39 is 0 Å². The van der Waals surface area contributed by atoms with Gasteiger partial charge in [-0.3, -0.25) is 4.90 Å². The van der Waals surface area contributed by atoms with Gasteiger partial charge in [-0.05, 0) is 48.9 Å². The van der Waals surface area contributed by atoms with Crippen molar-refractivity contribution < 1.29 is 0 Å². The summed E-state index contributed by atoms with van der Waals surface area (Å²) in [5.74, 6) is 0.858. The van der Waals surface area contributed by atoms with Crippen molar-refractivity contribution in [2.45, 2.75) is 40.2 Å². The Balaban J connectivity index is 1.85. The van der Waals surface area contributed by atoms with E-state index in [2.05, 4.69) is 36.7 Å². The Labute approximate surface area is 115 Å². The lowest BCUT2D eigenvalue weighted by atomic mass is 9.75. The van der Waals surface area contributed by atoms with Crippen molar-refractivity contribution in [3.8, 4) is 0 Å². The van der Waals surface area contributed by atoms with E-state index in [9.17, 15) is 0 Å². The molecule has 0 saturated carbocycles. The molecule has 2 rings (SSSR count). The van der Waals surface area contributed by atoms with E-state index in [1.165, 1.54) is 31.5 Å². The van der Waals surface area contributed by atoms with Gasteiger partial charge >= 0.3 is 0 Å². The molecule has 3 heteroatoms. The van der Waals surface area contributed by atoms with Crippen molar-refractivity contribution in [3.05, 3.63) is 29.0 Å². The second-order valence-corrected chi connectivity index (χ2v) is 6.79. The second-order valence-electron chi connectivity index (χ2n) is 6.41. The molecule has 0 aliphatic carbocycles. The second kappa shape index (κ2) is 5.58. The van der Waals surface area contributed by atoms with Crippen LogP contribution in [0.4, 0.5) is 0 Å². The van der Waals surface area contributed by atoms with Gasteiger partial charge in [-0.15, -0.1) is 0 Å². The van der Waals surface area contributed by atoms with Crippen LogP contribution in [0.1, 0.15) is 39.2 Å². The third-order valence-electron chi connectivity index (χ3n) is 4.01. The zero-order chi connectivity index (χ0) is 13.2. The lowest BCUT2D eigenvalue weighted by Gasteiger charge is -2.38. The number of nitrogens with zero attached hydrogens (tertiary/aromatic N) is 2. The topological polar surface area (TPSA) is 16.1 Å². The lowest BCUT2D eigenvalue weighted by Crippen LogP contribution is -2.37. The summed E-state index contributed by atoms with van der Waals surface area (Å²) >= 11 is 5.80. The maximum atomic E-state index is 5.80. The molecule has 1 aromatic rings. The van der Waals surface area contributed by atoms with Gasteiger partial charge in [0.15, 0.2) is 0 Å². The fourth-order valence-corrected chi connectivity index (χ4v) is 2.83. The van der Waals surface area contributed by atoms with Gasteiger partial charge < -0.3 is 0 Å². The molecule has 1 aromatic heterocycles. The summed E-state index contributed by atoms with van der Waals surface area (Å²) < 4.78 is 0. The maximum absolute atomic E-state index is 5.80. The first-order valence-electron chi connectivity index (χ1n) is 6.78. The van der Waals surface area contributed by atoms with Crippen LogP contribution in [0.3, 0.4) is 0 Å². The van der Waals surface area contributed by atoms with Gasteiger partial charge in [0, 0.05) is 12.7 Å². The average Bonchev–Trinajstić information content (AvgIpc) is 2.32. The molecule has 0 N–H and O–H groups in total. The van der Waals surface area contributed by atoms with Crippen molar-refractivity contribution in [1.82, 2.24) is 9.88 Å². The molecular weight excluding hydrogens is 244 g/mol. The molecule has 0 spiro atoms. The SMILES string of the molecule is CC(C)(C)C1CCN(Cc2ccc(Cl)nc2)CC1. The Kier molecular flexibility index (Phi) is 4.29. The van der Waals surface area contributed by atoms with E-state index in [1.807, 2.05) is 12.3 Å². The minimum absolute atomic E-state index is 0.452. The summed E-state index contributed by atoms with van der Waals surface area (Å²) in [4.78, 5) is 6.66. The van der Waals surface area contributed by atoms with Gasteiger partial charge in [-0.25, -0.2) is 4.98 Å². The molecule has 1 aliphatic rings. The first-order valence-corrected chi connectivity index (χ1v) is 7.16. The van der Waals surface area contributed by atoms with Crippen LogP contribution in [0.25, 0.3) is 0 Å². The molecule has 1 saturated heterocycles. The summed E-state index contributed by atoms with van der Waals surface area (Å²) in [6.45, 7) is 10.5. The van der Waals surface area contributed by atoms with Crippen molar-refractivity contribution in [2.24, 2.45) is 11.3 Å². The largest absolute Gasteiger partial charge is 0.299 e. The molecule has 1 aliphatic heterocycles. The molecule has 2 heterocycles. The van der Waals surface area contributed by atoms with Crippen LogP contribution in [-0.4, -0.2) is 23.0 Å². The van der Waals surface area contributed by atoms with Gasteiger partial charge in [-0.1, -0.05) is 38.4 Å². The molecule has 2 nitrogen and oxygen atoms in total. The number of hydrogen-bond donors (Lipinski definition) is 0. The zero-order valence-electron chi connectivity index (χ0n) is 11.6. The highest BCUT2D eigenvalue weighted by Crippen LogP contribution is 2.34. The van der Waals surface area contributed by atoms with Gasteiger partial charge in [0.1, 0.15) is 5.15 Å². The normalized spacial score (nSPS) is 19.1. The fraction of sp³-hybridized carbons (Fsp3) is 0.667. The summed E-state index contributed by atoms with van der Waals surface area (Å²) in [6, 6.07) is 3.95. The van der Waals surface area contributed by atoms with Gasteiger partial charge in [0.25, 0.3) is 0 Å². The molecule has 0 atom stereocenters. The number of hydrogen-bond acceptors (Lipinski definition) is 2. The Morgan fingerprint density at radius 3 is 2.44 bits per heavy atom. The van der Waals surface area contributed by atoms with Crippen molar-refractivity contribution in [2.75, 3.05) is 13.1 Å². The molecule has 0 aromatic carbocycles.